The Balaban J connectivity index is 0. The molecule has 0 fully saturated rings. The van der Waals surface area contributed by atoms with Crippen molar-refractivity contribution in [2.75, 3.05) is 6.61 Å². The molecule has 0 aliphatic rings. The number of ether oxygens (including phenoxy) is 1. The molecule has 0 saturated heterocycles. The highest BCUT2D eigenvalue weighted by molar-refractivity contribution is 5.84. The summed E-state index contributed by atoms with van der Waals surface area (Å²) in [5.41, 5.74) is 5.63. The number of rotatable bonds is 49. The van der Waals surface area contributed by atoms with Gasteiger partial charge in [0.05, 0.1) is 18.8 Å². The number of hydrogen-bond donors (Lipinski definition) is 4. The van der Waals surface area contributed by atoms with Gasteiger partial charge in [0.1, 0.15) is 0 Å². The number of aliphatic hydroxyl groups is 2. The zero-order valence-corrected chi connectivity index (χ0v) is 43.3. The Kier molecular flexibility index (Phi) is 54.2. The number of nitrogens with two attached hydrogens (primary N) is 1. The maximum Gasteiger partial charge on any atom is 0.331 e. The van der Waals surface area contributed by atoms with Crippen LogP contribution in [0, 0.1) is 0 Å². The quantitative estimate of drug-likeness (QED) is 0.0356. The standard InChI is InChI=1S/C38H75NO4.C18H39NO/c1-4-7-9-11-13-15-17-19-20-22-24-26-28-30-32-34-36(41)39-37(38(42)43-6-3)35(40)33-31-29-27-25-23-21-18-16-14-12-10-8-5-2;1-3-4-5-6-7-8-9-10-11-12-13-14-15-16-18(20)17(2)19/h35,37,40H,4-34H2,1-3H3,(H,39,41);17-18,20H,3-16,19H2,1-2H3/t35-,37-;17-,18-/m11/s1. The molecular formula is C56H114N2O5. The van der Waals surface area contributed by atoms with Crippen molar-refractivity contribution >= 4 is 11.9 Å². The van der Waals surface area contributed by atoms with Gasteiger partial charge < -0.3 is 26.0 Å². The van der Waals surface area contributed by atoms with Crippen LogP contribution in [0.5, 0.6) is 0 Å². The summed E-state index contributed by atoms with van der Waals surface area (Å²) in [7, 11) is 0. The molecule has 4 atom stereocenters. The largest absolute Gasteiger partial charge is 0.464 e. The highest BCUT2D eigenvalue weighted by Crippen LogP contribution is 2.17. The average molecular weight is 896 g/mol. The van der Waals surface area contributed by atoms with E-state index in [4.69, 9.17) is 10.5 Å². The third-order valence-corrected chi connectivity index (χ3v) is 13.1. The molecular weight excluding hydrogens is 781 g/mol. The van der Waals surface area contributed by atoms with E-state index in [1.165, 1.54) is 225 Å². The molecule has 0 aromatic carbocycles. The Hall–Kier alpha value is -1.18. The first-order valence-corrected chi connectivity index (χ1v) is 28.3. The van der Waals surface area contributed by atoms with Crippen molar-refractivity contribution < 1.29 is 24.5 Å². The number of nitrogens with one attached hydrogen (secondary N) is 1. The minimum Gasteiger partial charge on any atom is -0.464 e. The molecule has 0 heterocycles. The number of unbranched alkanes of at least 4 members (excludes halogenated alkanes) is 38. The highest BCUT2D eigenvalue weighted by Gasteiger charge is 2.29. The van der Waals surface area contributed by atoms with Crippen LogP contribution in [0.25, 0.3) is 0 Å². The van der Waals surface area contributed by atoms with Crippen molar-refractivity contribution in [1.29, 1.82) is 0 Å². The normalized spacial score (nSPS) is 13.3. The number of amides is 1. The molecule has 0 rings (SSSR count). The summed E-state index contributed by atoms with van der Waals surface area (Å²) in [5.74, 6) is -0.674. The van der Waals surface area contributed by atoms with Gasteiger partial charge in [-0.1, -0.05) is 278 Å². The fourth-order valence-electron chi connectivity index (χ4n) is 8.62. The first kappa shape index (κ1) is 63.9. The topological polar surface area (TPSA) is 122 Å². The number of carbonyl (C=O) groups excluding carboxylic acids is 2. The van der Waals surface area contributed by atoms with Crippen LogP contribution in [0.4, 0.5) is 0 Å². The predicted molar refractivity (Wildman–Crippen MR) is 274 cm³/mol. The lowest BCUT2D eigenvalue weighted by Gasteiger charge is -2.22. The molecule has 1 amide bonds. The zero-order chi connectivity index (χ0) is 46.7. The molecule has 7 heteroatoms. The summed E-state index contributed by atoms with van der Waals surface area (Å²) >= 11 is 0. The van der Waals surface area contributed by atoms with E-state index in [0.717, 1.165) is 44.9 Å². The molecule has 0 aliphatic carbocycles. The zero-order valence-electron chi connectivity index (χ0n) is 43.3. The van der Waals surface area contributed by atoms with Crippen molar-refractivity contribution in [2.24, 2.45) is 5.73 Å². The summed E-state index contributed by atoms with van der Waals surface area (Å²) in [6, 6.07) is -1.03. The lowest BCUT2D eigenvalue weighted by atomic mass is 10.0. The van der Waals surface area contributed by atoms with Crippen molar-refractivity contribution in [3.05, 3.63) is 0 Å². The van der Waals surface area contributed by atoms with Gasteiger partial charge in [-0.05, 0) is 33.1 Å². The fourth-order valence-corrected chi connectivity index (χ4v) is 8.62. The summed E-state index contributed by atoms with van der Waals surface area (Å²) in [4.78, 5) is 25.0. The first-order valence-electron chi connectivity index (χ1n) is 28.3. The molecule has 0 radical (unpaired) electrons. The molecule has 63 heavy (non-hydrogen) atoms. The van der Waals surface area contributed by atoms with E-state index in [1.807, 2.05) is 6.92 Å². The number of hydrogen-bond acceptors (Lipinski definition) is 6. The number of aliphatic hydroxyl groups excluding tert-OH is 2. The molecule has 0 spiro atoms. The monoisotopic (exact) mass is 895 g/mol. The van der Waals surface area contributed by atoms with Crippen molar-refractivity contribution in [3.63, 3.8) is 0 Å². The molecule has 0 aromatic rings. The molecule has 378 valence electrons. The van der Waals surface area contributed by atoms with Crippen LogP contribution in [0.1, 0.15) is 317 Å². The molecule has 0 aromatic heterocycles. The molecule has 0 aliphatic heterocycles. The SMILES string of the molecule is CCCCCCCCCCCCCCCCCC(=O)N[C@@H](C(=O)OCC)[C@H](O)CCCCCCCCCCCCCCC.CCCCCCCCCCCCCCC[C@@H](O)[C@@H](C)N. The van der Waals surface area contributed by atoms with E-state index in [9.17, 15) is 19.8 Å². The van der Waals surface area contributed by atoms with E-state index in [1.54, 1.807) is 6.92 Å². The third kappa shape index (κ3) is 50.1. The summed E-state index contributed by atoms with van der Waals surface area (Å²) < 4.78 is 5.16. The third-order valence-electron chi connectivity index (χ3n) is 13.1. The Bertz CT molecular complexity index is 901. The Labute approximate surface area is 394 Å². The highest BCUT2D eigenvalue weighted by atomic mass is 16.5. The van der Waals surface area contributed by atoms with Gasteiger partial charge in [0.2, 0.25) is 5.91 Å². The lowest BCUT2D eigenvalue weighted by Crippen LogP contribution is -2.49. The van der Waals surface area contributed by atoms with Crippen molar-refractivity contribution in [2.45, 2.75) is 341 Å². The summed E-state index contributed by atoms with van der Waals surface area (Å²) in [6.07, 6.45) is 54.3. The fraction of sp³-hybridized carbons (Fsp3) is 0.964. The molecule has 0 saturated carbocycles. The van der Waals surface area contributed by atoms with Crippen LogP contribution in [-0.4, -0.2) is 53.0 Å². The Morgan fingerprint density at radius 3 is 0.937 bits per heavy atom. The van der Waals surface area contributed by atoms with Gasteiger partial charge in [0, 0.05) is 12.5 Å². The van der Waals surface area contributed by atoms with Gasteiger partial charge in [-0.2, -0.15) is 0 Å². The number of esters is 1. The van der Waals surface area contributed by atoms with Crippen molar-refractivity contribution in [1.82, 2.24) is 5.32 Å². The average Bonchev–Trinajstić information content (AvgIpc) is 3.27. The molecule has 0 bridgehead atoms. The van der Waals surface area contributed by atoms with Crippen LogP contribution in [0.2, 0.25) is 0 Å². The minimum atomic E-state index is -0.957. The maximum atomic E-state index is 12.6. The Morgan fingerprint density at radius 1 is 0.413 bits per heavy atom. The van der Waals surface area contributed by atoms with Crippen LogP contribution < -0.4 is 11.1 Å². The Morgan fingerprint density at radius 2 is 0.667 bits per heavy atom. The van der Waals surface area contributed by atoms with E-state index < -0.39 is 18.1 Å². The van der Waals surface area contributed by atoms with Gasteiger partial charge in [-0.25, -0.2) is 4.79 Å². The summed E-state index contributed by atoms with van der Waals surface area (Å²) in [5, 5.41) is 23.1. The molecule has 0 unspecified atom stereocenters. The minimum absolute atomic E-state index is 0.0765. The van der Waals surface area contributed by atoms with E-state index >= 15 is 0 Å². The van der Waals surface area contributed by atoms with Gasteiger partial charge in [-0.15, -0.1) is 0 Å². The van der Waals surface area contributed by atoms with Gasteiger partial charge in [0.15, 0.2) is 6.04 Å². The van der Waals surface area contributed by atoms with E-state index in [0.29, 0.717) is 12.8 Å². The first-order chi connectivity index (χ1) is 30.7. The molecule has 5 N–H and O–H groups in total. The van der Waals surface area contributed by atoms with E-state index in [2.05, 4.69) is 26.1 Å². The van der Waals surface area contributed by atoms with Crippen LogP contribution in [0.3, 0.4) is 0 Å². The van der Waals surface area contributed by atoms with Gasteiger partial charge >= 0.3 is 5.97 Å². The second-order valence-corrected chi connectivity index (χ2v) is 19.6. The van der Waals surface area contributed by atoms with Gasteiger partial charge in [-0.3, -0.25) is 4.79 Å². The smallest absolute Gasteiger partial charge is 0.331 e. The van der Waals surface area contributed by atoms with Gasteiger partial charge in [0.25, 0.3) is 0 Å². The second kappa shape index (κ2) is 53.4. The summed E-state index contributed by atoms with van der Waals surface area (Å²) in [6.45, 7) is 10.7. The van der Waals surface area contributed by atoms with Crippen LogP contribution in [0.15, 0.2) is 0 Å². The number of carbonyl (C=O) groups is 2. The lowest BCUT2D eigenvalue weighted by molar-refractivity contribution is -0.151. The van der Waals surface area contributed by atoms with Crippen LogP contribution >= 0.6 is 0 Å². The predicted octanol–water partition coefficient (Wildman–Crippen LogP) is 16.3. The molecule has 7 nitrogen and oxygen atoms in total. The van der Waals surface area contributed by atoms with Crippen LogP contribution in [-0.2, 0) is 14.3 Å². The second-order valence-electron chi connectivity index (χ2n) is 19.6. The van der Waals surface area contributed by atoms with E-state index in [-0.39, 0.29) is 24.7 Å². The maximum absolute atomic E-state index is 12.6. The van der Waals surface area contributed by atoms with Crippen molar-refractivity contribution in [3.8, 4) is 0 Å².